The molecule has 1 atom stereocenters. The zero-order valence-electron chi connectivity index (χ0n) is 12.4. The van der Waals surface area contributed by atoms with E-state index in [0.717, 1.165) is 29.0 Å². The topological polar surface area (TPSA) is 21.3 Å². The van der Waals surface area contributed by atoms with Crippen molar-refractivity contribution in [1.29, 1.82) is 0 Å². The molecule has 0 amide bonds. The highest BCUT2D eigenvalue weighted by molar-refractivity contribution is 7.17. The largest absolute Gasteiger partial charge is 0.484 e. The van der Waals surface area contributed by atoms with Crippen LogP contribution in [-0.2, 0) is 0 Å². The van der Waals surface area contributed by atoms with Crippen LogP contribution in [0.15, 0.2) is 53.9 Å². The van der Waals surface area contributed by atoms with E-state index in [9.17, 15) is 4.39 Å². The van der Waals surface area contributed by atoms with Crippen molar-refractivity contribution in [3.63, 3.8) is 0 Å². The molecule has 0 aliphatic rings. The first-order valence-corrected chi connectivity index (χ1v) is 8.19. The van der Waals surface area contributed by atoms with Crippen molar-refractivity contribution in [2.45, 2.75) is 12.5 Å². The lowest BCUT2D eigenvalue weighted by Crippen LogP contribution is -2.16. The third kappa shape index (κ3) is 3.29. The second kappa shape index (κ2) is 6.90. The Morgan fingerprint density at radius 2 is 1.95 bits per heavy atom. The van der Waals surface area contributed by atoms with Gasteiger partial charge in [-0.25, -0.2) is 4.39 Å². The van der Waals surface area contributed by atoms with E-state index < -0.39 is 0 Å². The van der Waals surface area contributed by atoms with Crippen LogP contribution in [0, 0.1) is 5.82 Å². The van der Waals surface area contributed by atoms with E-state index in [1.807, 2.05) is 19.2 Å². The molecule has 1 aromatic heterocycles. The minimum absolute atomic E-state index is 0.0965. The number of benzene rings is 2. The molecule has 0 aliphatic carbocycles. The Kier molecular flexibility index (Phi) is 4.71. The maximum atomic E-state index is 13.1. The van der Waals surface area contributed by atoms with Crippen LogP contribution in [0.5, 0.6) is 5.75 Å². The van der Waals surface area contributed by atoms with E-state index in [1.54, 1.807) is 23.5 Å². The first-order chi connectivity index (χ1) is 10.8. The second-order valence-corrected chi connectivity index (χ2v) is 6.06. The number of halogens is 1. The minimum atomic E-state index is -0.225. The molecule has 0 aliphatic heterocycles. The third-order valence-corrected chi connectivity index (χ3v) is 4.56. The molecule has 0 radical (unpaired) electrons. The predicted molar refractivity (Wildman–Crippen MR) is 90.1 cm³/mol. The van der Waals surface area contributed by atoms with Gasteiger partial charge >= 0.3 is 0 Å². The number of rotatable bonds is 6. The fraction of sp³-hybridized carbons (Fsp3) is 0.222. The van der Waals surface area contributed by atoms with Gasteiger partial charge in [0.15, 0.2) is 0 Å². The summed E-state index contributed by atoms with van der Waals surface area (Å²) < 4.78 is 20.6. The summed E-state index contributed by atoms with van der Waals surface area (Å²) in [4.78, 5) is 0. The van der Waals surface area contributed by atoms with Gasteiger partial charge < -0.3 is 10.1 Å². The molecule has 0 unspecified atom stereocenters. The van der Waals surface area contributed by atoms with Gasteiger partial charge in [0.25, 0.3) is 0 Å². The van der Waals surface area contributed by atoms with E-state index >= 15 is 0 Å². The van der Waals surface area contributed by atoms with Gasteiger partial charge in [-0.3, -0.25) is 0 Å². The zero-order valence-corrected chi connectivity index (χ0v) is 13.2. The summed E-state index contributed by atoms with van der Waals surface area (Å²) >= 11 is 1.68. The van der Waals surface area contributed by atoms with Crippen molar-refractivity contribution in [3.8, 4) is 5.75 Å². The maximum Gasteiger partial charge on any atom is 0.138 e. The molecular weight excluding hydrogens is 297 g/mol. The van der Waals surface area contributed by atoms with Gasteiger partial charge in [-0.1, -0.05) is 24.3 Å². The van der Waals surface area contributed by atoms with Crippen LogP contribution >= 0.6 is 11.3 Å². The lowest BCUT2D eigenvalue weighted by atomic mass is 10.1. The highest BCUT2D eigenvalue weighted by atomic mass is 32.1. The van der Waals surface area contributed by atoms with Gasteiger partial charge in [0.1, 0.15) is 17.7 Å². The predicted octanol–water partition coefficient (Wildman–Crippen LogP) is 4.77. The molecule has 1 heterocycles. The minimum Gasteiger partial charge on any atom is -0.484 e. The molecule has 0 fully saturated rings. The van der Waals surface area contributed by atoms with Crippen LogP contribution in [0.3, 0.4) is 0 Å². The van der Waals surface area contributed by atoms with Crippen LogP contribution in [0.25, 0.3) is 10.1 Å². The van der Waals surface area contributed by atoms with Crippen molar-refractivity contribution < 1.29 is 9.13 Å². The van der Waals surface area contributed by atoms with E-state index in [4.69, 9.17) is 4.74 Å². The van der Waals surface area contributed by atoms with Crippen molar-refractivity contribution in [1.82, 2.24) is 5.32 Å². The lowest BCUT2D eigenvalue weighted by molar-refractivity contribution is 0.198. The van der Waals surface area contributed by atoms with E-state index in [0.29, 0.717) is 0 Å². The first-order valence-electron chi connectivity index (χ1n) is 7.31. The van der Waals surface area contributed by atoms with E-state index in [1.165, 1.54) is 17.5 Å². The summed E-state index contributed by atoms with van der Waals surface area (Å²) in [5.41, 5.74) is 0.991. The summed E-state index contributed by atoms with van der Waals surface area (Å²) in [7, 11) is 1.92. The van der Waals surface area contributed by atoms with Crippen LogP contribution in [-0.4, -0.2) is 13.6 Å². The molecule has 2 aromatic carbocycles. The molecule has 0 bridgehead atoms. The Bertz CT molecular complexity index is 738. The van der Waals surface area contributed by atoms with Gasteiger partial charge in [-0.2, -0.15) is 0 Å². The quantitative estimate of drug-likeness (QED) is 0.707. The van der Waals surface area contributed by atoms with Gasteiger partial charge in [0.05, 0.1) is 4.70 Å². The van der Waals surface area contributed by atoms with Crippen molar-refractivity contribution in [3.05, 3.63) is 65.3 Å². The molecule has 4 heteroatoms. The normalized spacial score (nSPS) is 12.5. The average Bonchev–Trinajstić information content (AvgIpc) is 3.02. The summed E-state index contributed by atoms with van der Waals surface area (Å²) in [5.74, 6) is 0.661. The highest BCUT2D eigenvalue weighted by Crippen LogP contribution is 2.34. The summed E-state index contributed by atoms with van der Waals surface area (Å²) in [6.07, 6.45) is 0.727. The summed E-state index contributed by atoms with van der Waals surface area (Å²) in [6.45, 7) is 0.836. The number of thiophene rings is 1. The number of hydrogen-bond acceptors (Lipinski definition) is 3. The number of ether oxygens (including phenoxy) is 1. The van der Waals surface area contributed by atoms with E-state index in [-0.39, 0.29) is 11.9 Å². The van der Waals surface area contributed by atoms with Crippen LogP contribution in [0.4, 0.5) is 4.39 Å². The fourth-order valence-electron chi connectivity index (χ4n) is 2.46. The molecule has 0 spiro atoms. The Balaban J connectivity index is 1.89. The van der Waals surface area contributed by atoms with Crippen LogP contribution in [0.1, 0.15) is 18.1 Å². The molecular formula is C18H18FNOS. The fourth-order valence-corrected chi connectivity index (χ4v) is 3.31. The Morgan fingerprint density at radius 3 is 2.73 bits per heavy atom. The Morgan fingerprint density at radius 1 is 1.14 bits per heavy atom. The summed E-state index contributed by atoms with van der Waals surface area (Å²) in [6, 6.07) is 14.7. The molecule has 0 saturated carbocycles. The molecule has 2 nitrogen and oxygen atoms in total. The molecule has 3 rings (SSSR count). The second-order valence-electron chi connectivity index (χ2n) is 5.15. The smallest absolute Gasteiger partial charge is 0.138 e. The number of hydrogen-bond donors (Lipinski definition) is 1. The maximum absolute atomic E-state index is 13.1. The van der Waals surface area contributed by atoms with Crippen LogP contribution in [0.2, 0.25) is 0 Å². The van der Waals surface area contributed by atoms with Gasteiger partial charge in [-0.15, -0.1) is 11.3 Å². The first kappa shape index (κ1) is 15.0. The number of nitrogens with one attached hydrogen (secondary N) is 1. The monoisotopic (exact) mass is 315 g/mol. The standard InChI is InChI=1S/C18H18FNOS/c1-20-11-9-16(13-5-7-15(19)8-6-13)21-17-4-2-3-14-10-12-22-18(14)17/h2-8,10,12,16,20H,9,11H2,1H3/t16-/m1/s1. The van der Waals surface area contributed by atoms with Gasteiger partial charge in [0.2, 0.25) is 0 Å². The zero-order chi connectivity index (χ0) is 15.4. The van der Waals surface area contributed by atoms with E-state index in [2.05, 4.69) is 22.8 Å². The molecule has 22 heavy (non-hydrogen) atoms. The van der Waals surface area contributed by atoms with Crippen LogP contribution < -0.4 is 10.1 Å². The molecule has 1 N–H and O–H groups in total. The van der Waals surface area contributed by atoms with Crippen molar-refractivity contribution in [2.24, 2.45) is 0 Å². The summed E-state index contributed by atoms with van der Waals surface area (Å²) in [5, 5.41) is 6.40. The molecule has 0 saturated heterocycles. The van der Waals surface area contributed by atoms with Crippen molar-refractivity contribution in [2.75, 3.05) is 13.6 Å². The average molecular weight is 315 g/mol. The van der Waals surface area contributed by atoms with Gasteiger partial charge in [0, 0.05) is 6.42 Å². The number of fused-ring (bicyclic) bond motifs is 1. The SMILES string of the molecule is CNCC[C@@H](Oc1cccc2ccsc12)c1ccc(F)cc1. The Labute approximate surface area is 133 Å². The Hall–Kier alpha value is -1.91. The highest BCUT2D eigenvalue weighted by Gasteiger charge is 2.15. The lowest BCUT2D eigenvalue weighted by Gasteiger charge is -2.20. The molecule has 114 valence electrons. The van der Waals surface area contributed by atoms with Crippen molar-refractivity contribution >= 4 is 21.4 Å². The third-order valence-electron chi connectivity index (χ3n) is 3.61. The molecule has 3 aromatic rings. The van der Waals surface area contributed by atoms with Gasteiger partial charge in [-0.05, 0) is 54.2 Å².